The number of amides is 1. The maximum atomic E-state index is 13.6. The molecule has 0 radical (unpaired) electrons. The SMILES string of the molecule is CC(NC(=O)c1cc(C(C2CC2)[SH](=O)=O)cc2c1OCCC2)(C1CC1)C1CCCN1. The van der Waals surface area contributed by atoms with Crippen LogP contribution in [-0.4, -0.2) is 39.1 Å². The van der Waals surface area contributed by atoms with E-state index in [0.29, 0.717) is 23.8 Å². The quantitative estimate of drug-likeness (QED) is 0.577. The summed E-state index contributed by atoms with van der Waals surface area (Å²) in [6, 6.07) is 4.05. The van der Waals surface area contributed by atoms with E-state index < -0.39 is 16.0 Å². The summed E-state index contributed by atoms with van der Waals surface area (Å²) in [6.07, 6.45) is 8.08. The third-order valence-electron chi connectivity index (χ3n) is 7.50. The Labute approximate surface area is 180 Å². The first-order chi connectivity index (χ1) is 14.5. The predicted molar refractivity (Wildman–Crippen MR) is 116 cm³/mol. The summed E-state index contributed by atoms with van der Waals surface area (Å²) < 4.78 is 30.0. The Bertz CT molecular complexity index is 908. The van der Waals surface area contributed by atoms with Crippen molar-refractivity contribution >= 4 is 16.6 Å². The number of nitrogens with one attached hydrogen (secondary N) is 2. The van der Waals surface area contributed by atoms with Gasteiger partial charge in [0.25, 0.3) is 5.91 Å². The maximum absolute atomic E-state index is 13.6. The topological polar surface area (TPSA) is 84.5 Å². The average molecular weight is 433 g/mol. The van der Waals surface area contributed by atoms with Crippen LogP contribution in [0.3, 0.4) is 0 Å². The highest BCUT2D eigenvalue weighted by Gasteiger charge is 2.49. The summed E-state index contributed by atoms with van der Waals surface area (Å²) in [5, 5.41) is 6.46. The van der Waals surface area contributed by atoms with Crippen LogP contribution in [0.4, 0.5) is 0 Å². The molecular formula is C23H32N2O4S. The fourth-order valence-corrected chi connectivity index (χ4v) is 6.52. The van der Waals surface area contributed by atoms with E-state index in [1.54, 1.807) is 6.07 Å². The van der Waals surface area contributed by atoms with E-state index in [4.69, 9.17) is 4.74 Å². The first-order valence-corrected chi connectivity index (χ1v) is 12.7. The summed E-state index contributed by atoms with van der Waals surface area (Å²) >= 11 is 0. The number of benzene rings is 1. The largest absolute Gasteiger partial charge is 0.492 e. The molecule has 2 aliphatic carbocycles. The second-order valence-corrected chi connectivity index (χ2v) is 10.9. The number of carbonyl (C=O) groups is 1. The molecule has 2 aliphatic heterocycles. The van der Waals surface area contributed by atoms with Crippen molar-refractivity contribution in [3.8, 4) is 5.75 Å². The molecule has 0 spiro atoms. The van der Waals surface area contributed by atoms with Crippen LogP contribution in [0, 0.1) is 11.8 Å². The van der Waals surface area contributed by atoms with Gasteiger partial charge in [0.15, 0.2) is 0 Å². The first-order valence-electron chi connectivity index (χ1n) is 11.5. The van der Waals surface area contributed by atoms with Gasteiger partial charge in [0.1, 0.15) is 16.5 Å². The molecule has 5 rings (SSSR count). The molecule has 0 bridgehead atoms. The van der Waals surface area contributed by atoms with Crippen molar-refractivity contribution in [1.29, 1.82) is 0 Å². The van der Waals surface area contributed by atoms with Gasteiger partial charge in [0, 0.05) is 6.04 Å². The second-order valence-electron chi connectivity index (χ2n) is 9.74. The van der Waals surface area contributed by atoms with Crippen LogP contribution >= 0.6 is 0 Å². The zero-order valence-corrected chi connectivity index (χ0v) is 18.5. The Morgan fingerprint density at radius 2 is 2.00 bits per heavy atom. The van der Waals surface area contributed by atoms with Gasteiger partial charge < -0.3 is 15.4 Å². The predicted octanol–water partition coefficient (Wildman–Crippen LogP) is 2.72. The number of aryl methyl sites for hydroxylation is 1. The Kier molecular flexibility index (Phi) is 5.30. The Morgan fingerprint density at radius 1 is 1.20 bits per heavy atom. The molecule has 30 heavy (non-hydrogen) atoms. The van der Waals surface area contributed by atoms with Gasteiger partial charge in [0.2, 0.25) is 0 Å². The number of hydrogen-bond acceptors (Lipinski definition) is 5. The van der Waals surface area contributed by atoms with Gasteiger partial charge in [0.05, 0.1) is 23.0 Å². The van der Waals surface area contributed by atoms with Gasteiger partial charge in [-0.15, -0.1) is 0 Å². The molecule has 2 N–H and O–H groups in total. The van der Waals surface area contributed by atoms with E-state index >= 15 is 0 Å². The number of fused-ring (bicyclic) bond motifs is 1. The van der Waals surface area contributed by atoms with Crippen LogP contribution in [0.2, 0.25) is 0 Å². The van der Waals surface area contributed by atoms with E-state index in [1.165, 1.54) is 0 Å². The summed E-state index contributed by atoms with van der Waals surface area (Å²) in [7, 11) is -2.58. The Balaban J connectivity index is 1.50. The number of thiol groups is 1. The van der Waals surface area contributed by atoms with Gasteiger partial charge >= 0.3 is 0 Å². The molecule has 4 aliphatic rings. The number of rotatable bonds is 7. The highest BCUT2D eigenvalue weighted by Crippen LogP contribution is 2.46. The molecule has 1 aromatic carbocycles. The normalized spacial score (nSPS) is 26.5. The number of carbonyl (C=O) groups excluding carboxylic acids is 1. The van der Waals surface area contributed by atoms with Gasteiger partial charge in [-0.3, -0.25) is 4.79 Å². The van der Waals surface area contributed by atoms with Gasteiger partial charge in [-0.2, -0.15) is 0 Å². The van der Waals surface area contributed by atoms with Gasteiger partial charge in [-0.25, -0.2) is 8.42 Å². The van der Waals surface area contributed by atoms with Crippen LogP contribution in [-0.2, 0) is 17.1 Å². The molecule has 2 heterocycles. The molecule has 7 heteroatoms. The molecule has 1 amide bonds. The monoisotopic (exact) mass is 432 g/mol. The van der Waals surface area contributed by atoms with E-state index in [2.05, 4.69) is 17.6 Å². The van der Waals surface area contributed by atoms with Crippen LogP contribution in [0.1, 0.15) is 78.6 Å². The lowest BCUT2D eigenvalue weighted by molar-refractivity contribution is 0.0863. The van der Waals surface area contributed by atoms with Gasteiger partial charge in [-0.05, 0) is 93.9 Å². The molecule has 164 valence electrons. The zero-order valence-electron chi connectivity index (χ0n) is 17.6. The Morgan fingerprint density at radius 3 is 2.63 bits per heavy atom. The van der Waals surface area contributed by atoms with E-state index in [0.717, 1.165) is 69.0 Å². The molecule has 1 saturated heterocycles. The van der Waals surface area contributed by atoms with Gasteiger partial charge in [-0.1, -0.05) is 6.07 Å². The van der Waals surface area contributed by atoms with Crippen molar-refractivity contribution < 1.29 is 17.9 Å². The molecule has 2 saturated carbocycles. The van der Waals surface area contributed by atoms with Crippen molar-refractivity contribution in [2.45, 2.75) is 75.1 Å². The maximum Gasteiger partial charge on any atom is 0.255 e. The van der Waals surface area contributed by atoms with Crippen molar-refractivity contribution in [3.05, 3.63) is 28.8 Å². The number of ether oxygens (including phenoxy) is 1. The van der Waals surface area contributed by atoms with E-state index in [-0.39, 0.29) is 23.4 Å². The van der Waals surface area contributed by atoms with Crippen molar-refractivity contribution in [2.24, 2.45) is 11.8 Å². The highest BCUT2D eigenvalue weighted by atomic mass is 32.2. The molecule has 1 aromatic rings. The van der Waals surface area contributed by atoms with Crippen LogP contribution in [0.5, 0.6) is 5.75 Å². The lowest BCUT2D eigenvalue weighted by Crippen LogP contribution is -2.59. The smallest absolute Gasteiger partial charge is 0.255 e. The van der Waals surface area contributed by atoms with Crippen molar-refractivity contribution in [3.63, 3.8) is 0 Å². The summed E-state index contributed by atoms with van der Waals surface area (Å²) in [5.74, 6) is 1.20. The second kappa shape index (κ2) is 7.83. The summed E-state index contributed by atoms with van der Waals surface area (Å²) in [5.41, 5.74) is 1.95. The fourth-order valence-electron chi connectivity index (χ4n) is 5.49. The first kappa shape index (κ1) is 20.3. The third-order valence-corrected chi connectivity index (χ3v) is 8.67. The van der Waals surface area contributed by atoms with Crippen LogP contribution in [0.25, 0.3) is 0 Å². The van der Waals surface area contributed by atoms with Crippen LogP contribution < -0.4 is 15.4 Å². The van der Waals surface area contributed by atoms with E-state index in [1.807, 2.05) is 6.07 Å². The van der Waals surface area contributed by atoms with Crippen molar-refractivity contribution in [2.75, 3.05) is 13.2 Å². The minimum atomic E-state index is -2.58. The molecule has 0 aromatic heterocycles. The summed E-state index contributed by atoms with van der Waals surface area (Å²) in [4.78, 5) is 13.6. The fraction of sp³-hybridized carbons (Fsp3) is 0.696. The molecular weight excluding hydrogens is 400 g/mol. The summed E-state index contributed by atoms with van der Waals surface area (Å²) in [6.45, 7) is 3.76. The average Bonchev–Trinajstić information content (AvgIpc) is 3.66. The molecule has 6 nitrogen and oxygen atoms in total. The minimum Gasteiger partial charge on any atom is -0.492 e. The number of hydrogen-bond donors (Lipinski definition) is 3. The van der Waals surface area contributed by atoms with Crippen molar-refractivity contribution in [1.82, 2.24) is 10.6 Å². The lowest BCUT2D eigenvalue weighted by atomic mass is 9.85. The molecule has 3 atom stereocenters. The highest BCUT2D eigenvalue weighted by molar-refractivity contribution is 7.72. The standard InChI is InChI=1S/C23H32N2O4S/c1-23(17-8-9-17,19-5-2-10-24-19)25-22(26)18-13-16(21(30(27)28)14-6-7-14)12-15-4-3-11-29-20(15)18/h12-14,17,19,21,24,30H,2-11H2,1H3,(H,25,26). The zero-order chi connectivity index (χ0) is 20.9. The molecule has 3 unspecified atom stereocenters. The third kappa shape index (κ3) is 3.75. The Hall–Kier alpha value is -1.60. The van der Waals surface area contributed by atoms with Crippen LogP contribution in [0.15, 0.2) is 12.1 Å². The van der Waals surface area contributed by atoms with E-state index in [9.17, 15) is 13.2 Å². The lowest BCUT2D eigenvalue weighted by Gasteiger charge is -2.37. The molecule has 3 fully saturated rings. The minimum absolute atomic E-state index is 0.131.